The van der Waals surface area contributed by atoms with E-state index in [0.717, 1.165) is 30.4 Å². The third-order valence-electron chi connectivity index (χ3n) is 8.67. The summed E-state index contributed by atoms with van der Waals surface area (Å²) < 4.78 is 28.3. The molecule has 1 aliphatic heterocycles. The minimum Gasteiger partial charge on any atom is -0.370 e. The van der Waals surface area contributed by atoms with Crippen LogP contribution in [0, 0.1) is 6.92 Å². The lowest BCUT2D eigenvalue weighted by atomic mass is 9.84. The summed E-state index contributed by atoms with van der Waals surface area (Å²) in [6.07, 6.45) is 7.42. The quantitative estimate of drug-likeness (QED) is 0.518. The van der Waals surface area contributed by atoms with Crippen LogP contribution in [0.4, 0.5) is 0 Å². The molecule has 0 spiro atoms. The van der Waals surface area contributed by atoms with Gasteiger partial charge in [0.15, 0.2) is 0 Å². The second kappa shape index (κ2) is 11.4. The minimum atomic E-state index is -3.98. The van der Waals surface area contributed by atoms with Crippen LogP contribution in [-0.2, 0) is 26.0 Å². The third kappa shape index (κ3) is 5.76. The second-order valence-corrected chi connectivity index (χ2v) is 13.3. The number of primary amides is 1. The molecule has 2 aliphatic carbocycles. The second-order valence-electron chi connectivity index (χ2n) is 11.4. The average Bonchev–Trinajstić information content (AvgIpc) is 3.42. The summed E-state index contributed by atoms with van der Waals surface area (Å²) in [6, 6.07) is 12.7. The molecule has 9 heteroatoms. The number of sulfonamides is 1. The molecule has 0 radical (unpaired) electrons. The van der Waals surface area contributed by atoms with E-state index in [4.69, 9.17) is 5.73 Å². The predicted octanol–water partition coefficient (Wildman–Crippen LogP) is 3.74. The molecule has 39 heavy (non-hydrogen) atoms. The lowest BCUT2D eigenvalue weighted by Gasteiger charge is -2.44. The fourth-order valence-electron chi connectivity index (χ4n) is 6.55. The topological polar surface area (TPSA) is 113 Å². The van der Waals surface area contributed by atoms with E-state index in [1.807, 2.05) is 6.92 Å². The molecule has 1 heterocycles. The molecule has 2 aromatic carbocycles. The number of nitrogens with one attached hydrogen (secondary N) is 1. The predicted molar refractivity (Wildman–Crippen MR) is 150 cm³/mol. The van der Waals surface area contributed by atoms with Crippen molar-refractivity contribution in [2.75, 3.05) is 13.1 Å². The lowest BCUT2D eigenvalue weighted by molar-refractivity contribution is -0.144. The van der Waals surface area contributed by atoms with Crippen molar-refractivity contribution >= 4 is 21.8 Å². The Morgan fingerprint density at radius 3 is 2.46 bits per heavy atom. The van der Waals surface area contributed by atoms with Crippen molar-refractivity contribution in [3.05, 3.63) is 64.7 Å². The number of hydrogen-bond acceptors (Lipinski definition) is 5. The SMILES string of the molecule is Cc1ccc(S(=O)(=O)N2CCN([C@@H]3CCCc4cc([C@@H](C)NC5CCCC5)ccc43)C(=O)[C@H]2CC(N)=O)cc1. The smallest absolute Gasteiger partial charge is 0.243 e. The lowest BCUT2D eigenvalue weighted by Crippen LogP contribution is -2.60. The van der Waals surface area contributed by atoms with Crippen LogP contribution in [0.1, 0.15) is 86.2 Å². The first-order chi connectivity index (χ1) is 18.6. The summed E-state index contributed by atoms with van der Waals surface area (Å²) in [6.45, 7) is 4.48. The van der Waals surface area contributed by atoms with Crippen molar-refractivity contribution in [1.82, 2.24) is 14.5 Å². The maximum Gasteiger partial charge on any atom is 0.243 e. The molecular formula is C30H40N4O4S. The Balaban J connectivity index is 1.39. The molecule has 0 aromatic heterocycles. The molecule has 2 amide bonds. The molecule has 8 nitrogen and oxygen atoms in total. The normalized spacial score (nSPS) is 23.5. The highest BCUT2D eigenvalue weighted by atomic mass is 32.2. The van der Waals surface area contributed by atoms with E-state index in [1.165, 1.54) is 41.1 Å². The van der Waals surface area contributed by atoms with Crippen LogP contribution in [0.5, 0.6) is 0 Å². The van der Waals surface area contributed by atoms with E-state index >= 15 is 0 Å². The Bertz CT molecular complexity index is 1320. The van der Waals surface area contributed by atoms with Crippen molar-refractivity contribution in [3.63, 3.8) is 0 Å². The first-order valence-electron chi connectivity index (χ1n) is 14.2. The summed E-state index contributed by atoms with van der Waals surface area (Å²) in [7, 11) is -3.98. The van der Waals surface area contributed by atoms with Gasteiger partial charge in [0.1, 0.15) is 6.04 Å². The molecular weight excluding hydrogens is 512 g/mol. The number of aryl methyl sites for hydroxylation is 2. The first-order valence-corrected chi connectivity index (χ1v) is 15.6. The molecule has 5 rings (SSSR count). The molecule has 210 valence electrons. The van der Waals surface area contributed by atoms with E-state index in [9.17, 15) is 18.0 Å². The number of nitrogens with two attached hydrogens (primary N) is 1. The zero-order valence-corrected chi connectivity index (χ0v) is 23.8. The van der Waals surface area contributed by atoms with Gasteiger partial charge < -0.3 is 16.0 Å². The maximum absolute atomic E-state index is 13.9. The van der Waals surface area contributed by atoms with Crippen LogP contribution in [0.15, 0.2) is 47.4 Å². The molecule has 1 saturated carbocycles. The monoisotopic (exact) mass is 552 g/mol. The summed E-state index contributed by atoms with van der Waals surface area (Å²) in [4.78, 5) is 27.8. The molecule has 3 aliphatic rings. The Labute approximate surface area is 232 Å². The molecule has 0 bridgehead atoms. The van der Waals surface area contributed by atoms with E-state index < -0.39 is 22.0 Å². The van der Waals surface area contributed by atoms with Crippen molar-refractivity contribution in [3.8, 4) is 0 Å². The fraction of sp³-hybridized carbons (Fsp3) is 0.533. The Morgan fingerprint density at radius 2 is 1.77 bits per heavy atom. The summed E-state index contributed by atoms with van der Waals surface area (Å²) in [5.41, 5.74) is 10.1. The minimum absolute atomic E-state index is 0.111. The van der Waals surface area contributed by atoms with Crippen LogP contribution < -0.4 is 11.1 Å². The molecule has 3 N–H and O–H groups in total. The van der Waals surface area contributed by atoms with Crippen molar-refractivity contribution in [1.29, 1.82) is 0 Å². The van der Waals surface area contributed by atoms with Crippen LogP contribution in [-0.4, -0.2) is 54.6 Å². The van der Waals surface area contributed by atoms with Gasteiger partial charge in [-0.1, -0.05) is 48.7 Å². The van der Waals surface area contributed by atoms with Gasteiger partial charge >= 0.3 is 0 Å². The van der Waals surface area contributed by atoms with Crippen LogP contribution in [0.3, 0.4) is 0 Å². The number of nitrogens with zero attached hydrogens (tertiary/aromatic N) is 2. The highest BCUT2D eigenvalue weighted by molar-refractivity contribution is 7.89. The van der Waals surface area contributed by atoms with Gasteiger partial charge in [-0.05, 0) is 74.8 Å². The molecule has 1 saturated heterocycles. The van der Waals surface area contributed by atoms with Crippen molar-refractivity contribution < 1.29 is 18.0 Å². The first kappa shape index (κ1) is 27.8. The van der Waals surface area contributed by atoms with E-state index in [2.05, 4.69) is 30.4 Å². The van der Waals surface area contributed by atoms with Gasteiger partial charge in [0.05, 0.1) is 17.4 Å². The van der Waals surface area contributed by atoms with Crippen LogP contribution in [0.2, 0.25) is 0 Å². The number of carbonyl (C=O) groups is 2. The molecule has 3 atom stereocenters. The van der Waals surface area contributed by atoms with Gasteiger partial charge in [0, 0.05) is 25.2 Å². The van der Waals surface area contributed by atoms with Crippen LogP contribution >= 0.6 is 0 Å². The number of hydrogen-bond donors (Lipinski definition) is 2. The number of amides is 2. The van der Waals surface area contributed by atoms with E-state index in [-0.39, 0.29) is 42.4 Å². The average molecular weight is 553 g/mol. The van der Waals surface area contributed by atoms with Gasteiger partial charge in [-0.25, -0.2) is 8.42 Å². The van der Waals surface area contributed by atoms with Gasteiger partial charge in [-0.15, -0.1) is 0 Å². The summed E-state index contributed by atoms with van der Waals surface area (Å²) in [5, 5.41) is 3.77. The summed E-state index contributed by atoms with van der Waals surface area (Å²) >= 11 is 0. The zero-order valence-electron chi connectivity index (χ0n) is 22.9. The van der Waals surface area contributed by atoms with Gasteiger partial charge in [0.2, 0.25) is 21.8 Å². The Morgan fingerprint density at radius 1 is 1.05 bits per heavy atom. The highest BCUT2D eigenvalue weighted by Gasteiger charge is 2.45. The third-order valence-corrected chi connectivity index (χ3v) is 10.6. The number of benzene rings is 2. The molecule has 2 aromatic rings. The van der Waals surface area contributed by atoms with Gasteiger partial charge in [0.25, 0.3) is 0 Å². The number of piperazine rings is 1. The highest BCUT2D eigenvalue weighted by Crippen LogP contribution is 2.38. The number of fused-ring (bicyclic) bond motifs is 1. The fourth-order valence-corrected chi connectivity index (χ4v) is 8.13. The number of rotatable bonds is 8. The van der Waals surface area contributed by atoms with Crippen LogP contribution in [0.25, 0.3) is 0 Å². The van der Waals surface area contributed by atoms with E-state index in [0.29, 0.717) is 6.04 Å². The largest absolute Gasteiger partial charge is 0.370 e. The number of carbonyl (C=O) groups excluding carboxylic acids is 2. The van der Waals surface area contributed by atoms with Crippen molar-refractivity contribution in [2.45, 2.75) is 94.3 Å². The van der Waals surface area contributed by atoms with Crippen molar-refractivity contribution in [2.24, 2.45) is 5.73 Å². The molecule has 2 fully saturated rings. The van der Waals surface area contributed by atoms with E-state index in [1.54, 1.807) is 29.2 Å². The Hall–Kier alpha value is -2.75. The van der Waals surface area contributed by atoms with Gasteiger partial charge in [-0.3, -0.25) is 9.59 Å². The standard InChI is InChI=1S/C30H40N4O4S/c1-20-10-13-25(14-11-20)39(37,38)34-17-16-33(30(36)28(34)19-29(31)35)27-9-5-6-23-18-22(12-15-26(23)27)21(2)32-24-7-3-4-8-24/h10-15,18,21,24,27-28,32H,3-9,16-17,19H2,1-2H3,(H2,31,35)/t21-,27-,28-/m1/s1. The summed E-state index contributed by atoms with van der Waals surface area (Å²) in [5.74, 6) is -1.05. The maximum atomic E-state index is 13.9. The zero-order chi connectivity index (χ0) is 27.7. The molecule has 0 unspecified atom stereocenters. The Kier molecular flexibility index (Phi) is 8.12. The van der Waals surface area contributed by atoms with Gasteiger partial charge in [-0.2, -0.15) is 4.31 Å².